The SMILES string of the molecule is Cc1cc(NC(=O)NCCNc2c(C)cncc2C)ccc1F. The first-order valence-corrected chi connectivity index (χ1v) is 7.43. The Morgan fingerprint density at radius 1 is 1.09 bits per heavy atom. The van der Waals surface area contributed by atoms with E-state index in [4.69, 9.17) is 0 Å². The molecule has 6 heteroatoms. The number of halogens is 1. The molecule has 0 bridgehead atoms. The standard InChI is InChI=1S/C17H21FN4O/c1-11-8-14(4-5-15(11)18)22-17(23)21-7-6-20-16-12(2)9-19-10-13(16)3/h4-5,8-10H,6-7H2,1-3H3,(H,19,20)(H2,21,22,23). The summed E-state index contributed by atoms with van der Waals surface area (Å²) in [5.41, 5.74) is 4.23. The van der Waals surface area contributed by atoms with Crippen LogP contribution in [0.4, 0.5) is 20.6 Å². The lowest BCUT2D eigenvalue weighted by atomic mass is 10.2. The van der Waals surface area contributed by atoms with Crippen molar-refractivity contribution in [3.05, 3.63) is 53.1 Å². The summed E-state index contributed by atoms with van der Waals surface area (Å²) in [6.07, 6.45) is 3.60. The summed E-state index contributed by atoms with van der Waals surface area (Å²) >= 11 is 0. The smallest absolute Gasteiger partial charge is 0.319 e. The van der Waals surface area contributed by atoms with E-state index in [1.165, 1.54) is 12.1 Å². The van der Waals surface area contributed by atoms with Gasteiger partial charge in [-0.3, -0.25) is 4.98 Å². The van der Waals surface area contributed by atoms with Crippen molar-refractivity contribution in [3.63, 3.8) is 0 Å². The summed E-state index contributed by atoms with van der Waals surface area (Å²) in [4.78, 5) is 15.9. The van der Waals surface area contributed by atoms with Crippen LogP contribution < -0.4 is 16.0 Å². The van der Waals surface area contributed by atoms with Crippen molar-refractivity contribution in [2.75, 3.05) is 23.7 Å². The Labute approximate surface area is 135 Å². The molecule has 3 N–H and O–H groups in total. The van der Waals surface area contributed by atoms with E-state index in [0.717, 1.165) is 16.8 Å². The Hall–Kier alpha value is -2.63. The van der Waals surface area contributed by atoms with E-state index in [-0.39, 0.29) is 11.8 Å². The van der Waals surface area contributed by atoms with Crippen molar-refractivity contribution in [2.24, 2.45) is 0 Å². The van der Waals surface area contributed by atoms with Crippen molar-refractivity contribution in [1.82, 2.24) is 10.3 Å². The molecule has 0 spiro atoms. The van der Waals surface area contributed by atoms with Gasteiger partial charge in [0.25, 0.3) is 0 Å². The molecule has 1 aromatic carbocycles. The van der Waals surface area contributed by atoms with Crippen LogP contribution in [0.15, 0.2) is 30.6 Å². The monoisotopic (exact) mass is 316 g/mol. The zero-order valence-corrected chi connectivity index (χ0v) is 13.5. The number of urea groups is 1. The summed E-state index contributed by atoms with van der Waals surface area (Å²) in [7, 11) is 0. The first-order chi connectivity index (χ1) is 11.0. The summed E-state index contributed by atoms with van der Waals surface area (Å²) in [6, 6.07) is 4.14. The molecule has 0 aliphatic heterocycles. The van der Waals surface area contributed by atoms with Gasteiger partial charge in [-0.15, -0.1) is 0 Å². The second kappa shape index (κ2) is 7.58. The van der Waals surface area contributed by atoms with E-state index >= 15 is 0 Å². The van der Waals surface area contributed by atoms with Gasteiger partial charge in [0.1, 0.15) is 5.82 Å². The lowest BCUT2D eigenvalue weighted by Crippen LogP contribution is -2.32. The van der Waals surface area contributed by atoms with Crippen molar-refractivity contribution >= 4 is 17.4 Å². The average molecular weight is 316 g/mol. The number of rotatable bonds is 5. The Bertz CT molecular complexity index is 683. The lowest BCUT2D eigenvalue weighted by molar-refractivity contribution is 0.252. The van der Waals surface area contributed by atoms with E-state index < -0.39 is 0 Å². The number of carbonyl (C=O) groups excluding carboxylic acids is 1. The molecule has 2 amide bonds. The number of hydrogen-bond donors (Lipinski definition) is 3. The van der Waals surface area contributed by atoms with Gasteiger partial charge in [-0.2, -0.15) is 0 Å². The molecular formula is C17H21FN4O. The van der Waals surface area contributed by atoms with Crippen LogP contribution >= 0.6 is 0 Å². The van der Waals surface area contributed by atoms with Crippen LogP contribution in [0.25, 0.3) is 0 Å². The first-order valence-electron chi connectivity index (χ1n) is 7.43. The van der Waals surface area contributed by atoms with Crippen LogP contribution in [-0.4, -0.2) is 24.1 Å². The number of amides is 2. The fraction of sp³-hybridized carbons (Fsp3) is 0.294. The number of hydrogen-bond acceptors (Lipinski definition) is 3. The second-order valence-corrected chi connectivity index (χ2v) is 5.42. The number of aromatic nitrogens is 1. The molecule has 1 aromatic heterocycles. The second-order valence-electron chi connectivity index (χ2n) is 5.42. The van der Waals surface area contributed by atoms with E-state index in [1.54, 1.807) is 25.4 Å². The maximum Gasteiger partial charge on any atom is 0.319 e. The number of anilines is 2. The van der Waals surface area contributed by atoms with Crippen molar-refractivity contribution in [3.8, 4) is 0 Å². The van der Waals surface area contributed by atoms with E-state index in [2.05, 4.69) is 20.9 Å². The maximum absolute atomic E-state index is 13.2. The van der Waals surface area contributed by atoms with Crippen molar-refractivity contribution < 1.29 is 9.18 Å². The topological polar surface area (TPSA) is 66.1 Å². The number of aryl methyl sites for hydroxylation is 3. The molecule has 5 nitrogen and oxygen atoms in total. The minimum atomic E-state index is -0.319. The molecule has 0 saturated heterocycles. The van der Waals surface area contributed by atoms with Crippen LogP contribution in [0.1, 0.15) is 16.7 Å². The summed E-state index contributed by atoms with van der Waals surface area (Å²) < 4.78 is 13.2. The predicted octanol–water partition coefficient (Wildman–Crippen LogP) is 3.38. The van der Waals surface area contributed by atoms with Gasteiger partial charge in [-0.1, -0.05) is 0 Å². The van der Waals surface area contributed by atoms with E-state index in [9.17, 15) is 9.18 Å². The van der Waals surface area contributed by atoms with Gasteiger partial charge in [-0.05, 0) is 55.7 Å². The summed E-state index contributed by atoms with van der Waals surface area (Å²) in [5, 5.41) is 8.71. The molecule has 23 heavy (non-hydrogen) atoms. The van der Waals surface area contributed by atoms with Gasteiger partial charge in [0.05, 0.1) is 0 Å². The molecule has 1 heterocycles. The summed E-state index contributed by atoms with van der Waals surface area (Å²) in [6.45, 7) is 6.69. The highest BCUT2D eigenvalue weighted by Gasteiger charge is 2.05. The molecule has 0 aliphatic rings. The normalized spacial score (nSPS) is 10.3. The van der Waals surface area contributed by atoms with Crippen LogP contribution in [0.3, 0.4) is 0 Å². The third-order valence-corrected chi connectivity index (χ3v) is 3.45. The Kier molecular flexibility index (Phi) is 5.51. The van der Waals surface area contributed by atoms with E-state index in [1.807, 2.05) is 13.8 Å². The zero-order chi connectivity index (χ0) is 16.8. The largest absolute Gasteiger partial charge is 0.383 e. The molecule has 0 unspecified atom stereocenters. The summed E-state index contributed by atoms with van der Waals surface area (Å²) in [5.74, 6) is -0.289. The highest BCUT2D eigenvalue weighted by molar-refractivity contribution is 5.89. The first kappa shape index (κ1) is 16.7. The number of nitrogens with one attached hydrogen (secondary N) is 3. The number of carbonyl (C=O) groups is 1. The van der Waals surface area contributed by atoms with Crippen LogP contribution in [-0.2, 0) is 0 Å². The van der Waals surface area contributed by atoms with Gasteiger partial charge < -0.3 is 16.0 Å². The quantitative estimate of drug-likeness (QED) is 0.741. The molecule has 0 aliphatic carbocycles. The lowest BCUT2D eigenvalue weighted by Gasteiger charge is -2.13. The van der Waals surface area contributed by atoms with Crippen molar-refractivity contribution in [1.29, 1.82) is 0 Å². The zero-order valence-electron chi connectivity index (χ0n) is 13.5. The van der Waals surface area contributed by atoms with Gasteiger partial charge in [0.15, 0.2) is 0 Å². The molecule has 0 fully saturated rings. The molecular weight excluding hydrogens is 295 g/mol. The number of pyridine rings is 1. The number of benzene rings is 1. The maximum atomic E-state index is 13.2. The minimum Gasteiger partial charge on any atom is -0.383 e. The van der Waals surface area contributed by atoms with Crippen LogP contribution in [0.5, 0.6) is 0 Å². The van der Waals surface area contributed by atoms with Gasteiger partial charge >= 0.3 is 6.03 Å². The average Bonchev–Trinajstić information content (AvgIpc) is 2.50. The molecule has 2 aromatic rings. The molecule has 122 valence electrons. The van der Waals surface area contributed by atoms with Crippen molar-refractivity contribution in [2.45, 2.75) is 20.8 Å². The highest BCUT2D eigenvalue weighted by atomic mass is 19.1. The van der Waals surface area contributed by atoms with Crippen LogP contribution in [0.2, 0.25) is 0 Å². The van der Waals surface area contributed by atoms with Crippen LogP contribution in [0, 0.1) is 26.6 Å². The highest BCUT2D eigenvalue weighted by Crippen LogP contribution is 2.17. The fourth-order valence-electron chi connectivity index (χ4n) is 2.24. The fourth-order valence-corrected chi connectivity index (χ4v) is 2.24. The third-order valence-electron chi connectivity index (χ3n) is 3.45. The van der Waals surface area contributed by atoms with Gasteiger partial charge in [-0.25, -0.2) is 9.18 Å². The molecule has 0 radical (unpaired) electrons. The Morgan fingerprint density at radius 3 is 2.43 bits per heavy atom. The van der Waals surface area contributed by atoms with Gasteiger partial charge in [0, 0.05) is 36.9 Å². The predicted molar refractivity (Wildman–Crippen MR) is 90.4 cm³/mol. The number of nitrogens with zero attached hydrogens (tertiary/aromatic N) is 1. The molecule has 0 saturated carbocycles. The minimum absolute atomic E-state index is 0.289. The third kappa shape index (κ3) is 4.67. The Morgan fingerprint density at radius 2 is 1.78 bits per heavy atom. The molecule has 0 atom stereocenters. The molecule has 2 rings (SSSR count). The van der Waals surface area contributed by atoms with Gasteiger partial charge in [0.2, 0.25) is 0 Å². The Balaban J connectivity index is 1.78. The van der Waals surface area contributed by atoms with E-state index in [0.29, 0.717) is 24.3 Å².